The number of hydrogen-bond acceptors (Lipinski definition) is 5. The molecule has 0 aliphatic heterocycles. The summed E-state index contributed by atoms with van der Waals surface area (Å²) >= 11 is 1.58. The van der Waals surface area contributed by atoms with Crippen LogP contribution in [0.4, 0.5) is 15.8 Å². The predicted octanol–water partition coefficient (Wildman–Crippen LogP) is 2.53. The minimum Gasteiger partial charge on any atom is -0.495 e. The minimum atomic E-state index is -0.382. The quantitative estimate of drug-likeness (QED) is 0.817. The Kier molecular flexibility index (Phi) is 3.99. The zero-order chi connectivity index (χ0) is 13.0. The number of anilines is 2. The standard InChI is InChI=1S/C12H14FN3OS/c1-17-11-7-10(8(13)6-9(11)14)15-3-2-12-16-4-5-18-12/h4-7,15H,2-3,14H2,1H3. The monoisotopic (exact) mass is 267 g/mol. The molecule has 0 saturated carbocycles. The van der Waals surface area contributed by atoms with E-state index in [0.29, 0.717) is 23.7 Å². The summed E-state index contributed by atoms with van der Waals surface area (Å²) in [5.74, 6) is 0.0839. The second-order valence-electron chi connectivity index (χ2n) is 3.68. The van der Waals surface area contributed by atoms with Crippen molar-refractivity contribution in [3.8, 4) is 5.75 Å². The Morgan fingerprint density at radius 2 is 2.33 bits per heavy atom. The summed E-state index contributed by atoms with van der Waals surface area (Å²) in [5, 5.41) is 5.95. The third-order valence-electron chi connectivity index (χ3n) is 2.46. The van der Waals surface area contributed by atoms with Crippen LogP contribution in [-0.2, 0) is 6.42 Å². The average Bonchev–Trinajstić information content (AvgIpc) is 2.85. The van der Waals surface area contributed by atoms with Crippen LogP contribution in [0.5, 0.6) is 5.75 Å². The Labute approximate surface area is 109 Å². The summed E-state index contributed by atoms with van der Waals surface area (Å²) in [5.41, 5.74) is 6.28. The molecular weight excluding hydrogens is 253 g/mol. The molecule has 4 nitrogen and oxygen atoms in total. The zero-order valence-electron chi connectivity index (χ0n) is 9.94. The maximum absolute atomic E-state index is 13.6. The lowest BCUT2D eigenvalue weighted by Gasteiger charge is -2.10. The molecule has 0 atom stereocenters. The first-order chi connectivity index (χ1) is 8.70. The van der Waals surface area contributed by atoms with E-state index >= 15 is 0 Å². The molecular formula is C12H14FN3OS. The van der Waals surface area contributed by atoms with Crippen molar-refractivity contribution in [2.75, 3.05) is 24.7 Å². The fraction of sp³-hybridized carbons (Fsp3) is 0.250. The Bertz CT molecular complexity index is 516. The van der Waals surface area contributed by atoms with E-state index in [9.17, 15) is 4.39 Å². The predicted molar refractivity (Wildman–Crippen MR) is 71.7 cm³/mol. The van der Waals surface area contributed by atoms with Crippen molar-refractivity contribution in [2.24, 2.45) is 0 Å². The van der Waals surface area contributed by atoms with Gasteiger partial charge in [-0.15, -0.1) is 11.3 Å². The van der Waals surface area contributed by atoms with Gasteiger partial charge in [0.25, 0.3) is 0 Å². The molecule has 0 bridgehead atoms. The maximum atomic E-state index is 13.6. The molecule has 1 heterocycles. The lowest BCUT2D eigenvalue weighted by atomic mass is 10.2. The number of benzene rings is 1. The van der Waals surface area contributed by atoms with E-state index in [1.807, 2.05) is 5.38 Å². The molecule has 6 heteroatoms. The lowest BCUT2D eigenvalue weighted by molar-refractivity contribution is 0.416. The third-order valence-corrected chi connectivity index (χ3v) is 3.30. The number of rotatable bonds is 5. The Morgan fingerprint density at radius 3 is 3.00 bits per heavy atom. The van der Waals surface area contributed by atoms with Crippen molar-refractivity contribution < 1.29 is 9.13 Å². The molecule has 0 fully saturated rings. The summed E-state index contributed by atoms with van der Waals surface area (Å²) in [6, 6.07) is 2.82. The van der Waals surface area contributed by atoms with Crippen LogP contribution in [0.25, 0.3) is 0 Å². The van der Waals surface area contributed by atoms with Gasteiger partial charge in [0.15, 0.2) is 0 Å². The van der Waals surface area contributed by atoms with E-state index in [1.165, 1.54) is 13.2 Å². The highest BCUT2D eigenvalue weighted by Gasteiger charge is 2.08. The van der Waals surface area contributed by atoms with Crippen molar-refractivity contribution in [3.05, 3.63) is 34.5 Å². The van der Waals surface area contributed by atoms with Gasteiger partial charge in [-0.1, -0.05) is 0 Å². The number of ether oxygens (including phenoxy) is 1. The lowest BCUT2D eigenvalue weighted by Crippen LogP contribution is -2.07. The minimum absolute atomic E-state index is 0.292. The molecule has 0 radical (unpaired) electrons. The topological polar surface area (TPSA) is 60.2 Å². The number of nitrogens with one attached hydrogen (secondary N) is 1. The van der Waals surface area contributed by atoms with Gasteiger partial charge in [0.1, 0.15) is 11.6 Å². The molecule has 3 N–H and O–H groups in total. The number of thiazole rings is 1. The van der Waals surface area contributed by atoms with Crippen molar-refractivity contribution in [1.82, 2.24) is 4.98 Å². The fourth-order valence-corrected chi connectivity index (χ4v) is 2.18. The highest BCUT2D eigenvalue weighted by atomic mass is 32.1. The average molecular weight is 267 g/mol. The van der Waals surface area contributed by atoms with Crippen LogP contribution in [0.2, 0.25) is 0 Å². The molecule has 0 aliphatic carbocycles. The number of nitrogen functional groups attached to an aromatic ring is 1. The van der Waals surface area contributed by atoms with E-state index < -0.39 is 0 Å². The molecule has 18 heavy (non-hydrogen) atoms. The summed E-state index contributed by atoms with van der Waals surface area (Å²) < 4.78 is 18.7. The Hall–Kier alpha value is -1.82. The van der Waals surface area contributed by atoms with Gasteiger partial charge in [-0.25, -0.2) is 9.37 Å². The number of aromatic nitrogens is 1. The van der Waals surface area contributed by atoms with Crippen molar-refractivity contribution in [1.29, 1.82) is 0 Å². The first kappa shape index (κ1) is 12.6. The van der Waals surface area contributed by atoms with E-state index in [4.69, 9.17) is 10.5 Å². The number of methoxy groups -OCH3 is 1. The highest BCUT2D eigenvalue weighted by molar-refractivity contribution is 7.09. The van der Waals surface area contributed by atoms with E-state index in [-0.39, 0.29) is 5.82 Å². The zero-order valence-corrected chi connectivity index (χ0v) is 10.8. The molecule has 2 rings (SSSR count). The molecule has 0 saturated heterocycles. The molecule has 0 unspecified atom stereocenters. The normalized spacial score (nSPS) is 10.3. The van der Waals surface area contributed by atoms with Gasteiger partial charge in [-0.3, -0.25) is 0 Å². The fourth-order valence-electron chi connectivity index (χ4n) is 1.56. The molecule has 2 aromatic rings. The van der Waals surface area contributed by atoms with Gasteiger partial charge in [-0.2, -0.15) is 0 Å². The van der Waals surface area contributed by atoms with E-state index in [2.05, 4.69) is 10.3 Å². The first-order valence-corrected chi connectivity index (χ1v) is 6.34. The number of nitrogens with two attached hydrogens (primary N) is 1. The number of hydrogen-bond donors (Lipinski definition) is 2. The van der Waals surface area contributed by atoms with E-state index in [1.54, 1.807) is 23.6 Å². The highest BCUT2D eigenvalue weighted by Crippen LogP contribution is 2.28. The molecule has 0 aliphatic rings. The molecule has 1 aromatic carbocycles. The van der Waals surface area contributed by atoms with Gasteiger partial charge < -0.3 is 15.8 Å². The maximum Gasteiger partial charge on any atom is 0.148 e. The van der Waals surface area contributed by atoms with E-state index in [0.717, 1.165) is 11.4 Å². The van der Waals surface area contributed by atoms with Crippen LogP contribution >= 0.6 is 11.3 Å². The molecule has 96 valence electrons. The van der Waals surface area contributed by atoms with Crippen molar-refractivity contribution in [3.63, 3.8) is 0 Å². The van der Waals surface area contributed by atoms with Crippen LogP contribution in [0.15, 0.2) is 23.7 Å². The molecule has 0 amide bonds. The van der Waals surface area contributed by atoms with Crippen LogP contribution in [0, 0.1) is 5.82 Å². The first-order valence-electron chi connectivity index (χ1n) is 5.46. The van der Waals surface area contributed by atoms with Gasteiger partial charge in [0.2, 0.25) is 0 Å². The number of halogens is 1. The summed E-state index contributed by atoms with van der Waals surface area (Å²) in [6.45, 7) is 0.609. The van der Waals surface area contributed by atoms with Gasteiger partial charge >= 0.3 is 0 Å². The molecule has 1 aromatic heterocycles. The van der Waals surface area contributed by atoms with Crippen LogP contribution < -0.4 is 15.8 Å². The summed E-state index contributed by atoms with van der Waals surface area (Å²) in [4.78, 5) is 4.16. The van der Waals surface area contributed by atoms with Crippen molar-refractivity contribution >= 4 is 22.7 Å². The van der Waals surface area contributed by atoms with Gasteiger partial charge in [-0.05, 0) is 0 Å². The number of nitrogens with zero attached hydrogens (tertiary/aromatic N) is 1. The van der Waals surface area contributed by atoms with Crippen molar-refractivity contribution in [2.45, 2.75) is 6.42 Å². The summed E-state index contributed by atoms with van der Waals surface area (Å²) in [7, 11) is 1.50. The van der Waals surface area contributed by atoms with Gasteiger partial charge in [0.05, 0.1) is 23.5 Å². The SMILES string of the molecule is COc1cc(NCCc2nccs2)c(F)cc1N. The van der Waals surface area contributed by atoms with Crippen LogP contribution in [0.1, 0.15) is 5.01 Å². The van der Waals surface area contributed by atoms with Crippen LogP contribution in [0.3, 0.4) is 0 Å². The van der Waals surface area contributed by atoms with Crippen LogP contribution in [-0.4, -0.2) is 18.6 Å². The largest absolute Gasteiger partial charge is 0.495 e. The molecule has 0 spiro atoms. The second-order valence-corrected chi connectivity index (χ2v) is 4.66. The second kappa shape index (κ2) is 5.68. The smallest absolute Gasteiger partial charge is 0.148 e. The Balaban J connectivity index is 2.00. The summed E-state index contributed by atoms with van der Waals surface area (Å²) in [6.07, 6.45) is 2.51. The third kappa shape index (κ3) is 2.89. The van der Waals surface area contributed by atoms with Gasteiger partial charge in [0, 0.05) is 36.7 Å². The Morgan fingerprint density at radius 1 is 1.50 bits per heavy atom.